The van der Waals surface area contributed by atoms with Gasteiger partial charge in [0.2, 0.25) is 5.91 Å². The zero-order valence-electron chi connectivity index (χ0n) is 10.4. The summed E-state index contributed by atoms with van der Waals surface area (Å²) in [6, 6.07) is 5.53. The number of carboxylic acid groups (broad SMARTS) is 1. The molecule has 2 N–H and O–H groups in total. The number of carboxylic acids is 1. The number of nitrogens with one attached hydrogen (secondary N) is 1. The summed E-state index contributed by atoms with van der Waals surface area (Å²) in [5.41, 5.74) is 0.531. The average Bonchev–Trinajstić information content (AvgIpc) is 2.41. The van der Waals surface area contributed by atoms with Gasteiger partial charge in [-0.2, -0.15) is 0 Å². The minimum Gasteiger partial charge on any atom is -0.481 e. The summed E-state index contributed by atoms with van der Waals surface area (Å²) in [5.74, 6) is -2.09. The minimum absolute atomic E-state index is 0.183. The second-order valence-electron chi connectivity index (χ2n) is 4.89. The molecular formula is C14H16FNO3. The third-order valence-electron chi connectivity index (χ3n) is 3.51. The zero-order chi connectivity index (χ0) is 13.8. The van der Waals surface area contributed by atoms with Crippen LogP contribution in [-0.2, 0) is 9.59 Å². The molecule has 4 nitrogen and oxygen atoms in total. The molecule has 1 amide bonds. The summed E-state index contributed by atoms with van der Waals surface area (Å²) in [7, 11) is 0. The Morgan fingerprint density at radius 2 is 1.79 bits per heavy atom. The van der Waals surface area contributed by atoms with Crippen LogP contribution in [0, 0.1) is 17.7 Å². The van der Waals surface area contributed by atoms with Gasteiger partial charge in [-0.15, -0.1) is 0 Å². The van der Waals surface area contributed by atoms with Crippen molar-refractivity contribution in [3.8, 4) is 0 Å². The Labute approximate surface area is 110 Å². The molecule has 2 atom stereocenters. The maximum Gasteiger partial charge on any atom is 0.306 e. The van der Waals surface area contributed by atoms with Gasteiger partial charge in [0.25, 0.3) is 0 Å². The fourth-order valence-electron chi connectivity index (χ4n) is 2.43. The molecule has 102 valence electrons. The number of carbonyl (C=O) groups is 2. The fourth-order valence-corrected chi connectivity index (χ4v) is 2.43. The van der Waals surface area contributed by atoms with Gasteiger partial charge in [-0.25, -0.2) is 4.39 Å². The SMILES string of the molecule is O=C(O)C1CCCC(C(=O)Nc2ccc(F)cc2)C1. The predicted octanol–water partition coefficient (Wildman–Crippen LogP) is 2.66. The molecule has 1 fully saturated rings. The number of anilines is 1. The molecule has 0 bridgehead atoms. The van der Waals surface area contributed by atoms with Crippen molar-refractivity contribution in [2.75, 3.05) is 5.32 Å². The summed E-state index contributed by atoms with van der Waals surface area (Å²) >= 11 is 0. The lowest BCUT2D eigenvalue weighted by Gasteiger charge is -2.25. The van der Waals surface area contributed by atoms with E-state index in [4.69, 9.17) is 5.11 Å². The van der Waals surface area contributed by atoms with Crippen molar-refractivity contribution in [3.05, 3.63) is 30.1 Å². The van der Waals surface area contributed by atoms with Gasteiger partial charge in [-0.05, 0) is 43.5 Å². The fraction of sp³-hybridized carbons (Fsp3) is 0.429. The molecular weight excluding hydrogens is 249 g/mol. The van der Waals surface area contributed by atoms with E-state index in [1.54, 1.807) is 0 Å². The Hall–Kier alpha value is -1.91. The number of rotatable bonds is 3. The van der Waals surface area contributed by atoms with E-state index in [0.29, 0.717) is 24.9 Å². The summed E-state index contributed by atoms with van der Waals surface area (Å²) in [4.78, 5) is 23.0. The van der Waals surface area contributed by atoms with E-state index in [1.807, 2.05) is 0 Å². The van der Waals surface area contributed by atoms with Crippen LogP contribution in [0.5, 0.6) is 0 Å². The van der Waals surface area contributed by atoms with Crippen molar-refractivity contribution < 1.29 is 19.1 Å². The van der Waals surface area contributed by atoms with Crippen molar-refractivity contribution in [1.82, 2.24) is 0 Å². The van der Waals surface area contributed by atoms with E-state index >= 15 is 0 Å². The molecule has 0 aromatic heterocycles. The van der Waals surface area contributed by atoms with Crippen molar-refractivity contribution in [2.45, 2.75) is 25.7 Å². The second kappa shape index (κ2) is 5.82. The second-order valence-corrected chi connectivity index (χ2v) is 4.89. The van der Waals surface area contributed by atoms with Crippen LogP contribution in [0.4, 0.5) is 10.1 Å². The Bertz CT molecular complexity index is 472. The molecule has 0 saturated heterocycles. The smallest absolute Gasteiger partial charge is 0.306 e. The van der Waals surface area contributed by atoms with E-state index in [-0.39, 0.29) is 17.6 Å². The zero-order valence-corrected chi connectivity index (χ0v) is 10.4. The first-order valence-corrected chi connectivity index (χ1v) is 6.35. The number of carbonyl (C=O) groups excluding carboxylic acids is 1. The third kappa shape index (κ3) is 3.53. The van der Waals surface area contributed by atoms with Crippen LogP contribution in [0.15, 0.2) is 24.3 Å². The van der Waals surface area contributed by atoms with Crippen molar-refractivity contribution in [2.24, 2.45) is 11.8 Å². The van der Waals surface area contributed by atoms with Crippen molar-refractivity contribution in [1.29, 1.82) is 0 Å². The molecule has 0 heterocycles. The monoisotopic (exact) mass is 265 g/mol. The Kier molecular flexibility index (Phi) is 4.14. The molecule has 0 radical (unpaired) electrons. The molecule has 2 unspecified atom stereocenters. The highest BCUT2D eigenvalue weighted by atomic mass is 19.1. The number of hydrogen-bond acceptors (Lipinski definition) is 2. The number of hydrogen-bond donors (Lipinski definition) is 2. The van der Waals surface area contributed by atoms with Crippen LogP contribution in [0.1, 0.15) is 25.7 Å². The molecule has 5 heteroatoms. The number of amides is 1. The summed E-state index contributed by atoms with van der Waals surface area (Å²) in [5, 5.41) is 11.7. The summed E-state index contributed by atoms with van der Waals surface area (Å²) in [6.45, 7) is 0. The standard InChI is InChI=1S/C14H16FNO3/c15-11-4-6-12(7-5-11)16-13(17)9-2-1-3-10(8-9)14(18)19/h4-7,9-10H,1-3,8H2,(H,16,17)(H,18,19). The lowest BCUT2D eigenvalue weighted by molar-refractivity contribution is -0.143. The lowest BCUT2D eigenvalue weighted by atomic mass is 9.81. The molecule has 19 heavy (non-hydrogen) atoms. The highest BCUT2D eigenvalue weighted by molar-refractivity contribution is 5.92. The molecule has 1 aromatic carbocycles. The molecule has 1 aromatic rings. The van der Waals surface area contributed by atoms with E-state index in [2.05, 4.69) is 5.32 Å². The van der Waals surface area contributed by atoms with Gasteiger partial charge in [0, 0.05) is 11.6 Å². The van der Waals surface area contributed by atoms with Gasteiger partial charge in [-0.3, -0.25) is 9.59 Å². The Morgan fingerprint density at radius 1 is 1.16 bits per heavy atom. The molecule has 1 aliphatic rings. The number of aliphatic carboxylic acids is 1. The predicted molar refractivity (Wildman–Crippen MR) is 68.1 cm³/mol. The van der Waals surface area contributed by atoms with Crippen molar-refractivity contribution >= 4 is 17.6 Å². The largest absolute Gasteiger partial charge is 0.481 e. The lowest BCUT2D eigenvalue weighted by Crippen LogP contribution is -2.30. The van der Waals surface area contributed by atoms with Crippen LogP contribution in [-0.4, -0.2) is 17.0 Å². The molecule has 0 spiro atoms. The van der Waals surface area contributed by atoms with E-state index < -0.39 is 11.9 Å². The third-order valence-corrected chi connectivity index (χ3v) is 3.51. The van der Waals surface area contributed by atoms with Crippen LogP contribution < -0.4 is 5.32 Å². The minimum atomic E-state index is -0.834. The Morgan fingerprint density at radius 3 is 2.42 bits per heavy atom. The van der Waals surface area contributed by atoms with Gasteiger partial charge >= 0.3 is 5.97 Å². The average molecular weight is 265 g/mol. The first-order valence-electron chi connectivity index (χ1n) is 6.35. The van der Waals surface area contributed by atoms with Crippen molar-refractivity contribution in [3.63, 3.8) is 0 Å². The Balaban J connectivity index is 1.96. The number of benzene rings is 1. The summed E-state index contributed by atoms with van der Waals surface area (Å²) in [6.07, 6.45) is 2.47. The van der Waals surface area contributed by atoms with Gasteiger partial charge in [0.1, 0.15) is 5.82 Å². The topological polar surface area (TPSA) is 66.4 Å². The van der Waals surface area contributed by atoms with E-state index in [0.717, 1.165) is 6.42 Å². The highest BCUT2D eigenvalue weighted by Crippen LogP contribution is 2.30. The first kappa shape index (κ1) is 13.5. The van der Waals surface area contributed by atoms with Gasteiger partial charge in [0.15, 0.2) is 0 Å². The molecule has 2 rings (SSSR count). The van der Waals surface area contributed by atoms with E-state index in [1.165, 1.54) is 24.3 Å². The summed E-state index contributed by atoms with van der Waals surface area (Å²) < 4.78 is 12.7. The van der Waals surface area contributed by atoms with Crippen LogP contribution in [0.25, 0.3) is 0 Å². The normalized spacial score (nSPS) is 22.8. The van der Waals surface area contributed by atoms with Crippen LogP contribution >= 0.6 is 0 Å². The molecule has 0 aliphatic heterocycles. The number of halogens is 1. The van der Waals surface area contributed by atoms with Gasteiger partial charge in [0.05, 0.1) is 5.92 Å². The van der Waals surface area contributed by atoms with Crippen LogP contribution in [0.3, 0.4) is 0 Å². The van der Waals surface area contributed by atoms with Gasteiger partial charge < -0.3 is 10.4 Å². The molecule has 1 saturated carbocycles. The quantitative estimate of drug-likeness (QED) is 0.883. The van der Waals surface area contributed by atoms with E-state index in [9.17, 15) is 14.0 Å². The first-order chi connectivity index (χ1) is 9.06. The maximum absolute atomic E-state index is 12.7. The van der Waals surface area contributed by atoms with Crippen LogP contribution in [0.2, 0.25) is 0 Å². The highest BCUT2D eigenvalue weighted by Gasteiger charge is 2.30. The van der Waals surface area contributed by atoms with Gasteiger partial charge in [-0.1, -0.05) is 6.42 Å². The molecule has 1 aliphatic carbocycles. The maximum atomic E-state index is 12.7.